The third kappa shape index (κ3) is 5.43. The minimum Gasteiger partial charge on any atom is -0.456 e. The Labute approximate surface area is 331 Å². The van der Waals surface area contributed by atoms with Crippen molar-refractivity contribution in [2.45, 2.75) is 12.3 Å². The molecule has 11 rings (SSSR count). The van der Waals surface area contributed by atoms with E-state index < -0.39 is 0 Å². The Balaban J connectivity index is 0.973. The molecule has 1 aliphatic rings. The second-order valence-corrected chi connectivity index (χ2v) is 15.1. The van der Waals surface area contributed by atoms with Crippen molar-refractivity contribution in [3.63, 3.8) is 0 Å². The van der Waals surface area contributed by atoms with Crippen molar-refractivity contribution in [1.82, 2.24) is 9.97 Å². The van der Waals surface area contributed by atoms with E-state index in [1.807, 2.05) is 30.3 Å². The molecule has 3 heteroatoms. The Hall–Kier alpha value is -7.36. The molecule has 3 nitrogen and oxygen atoms in total. The summed E-state index contributed by atoms with van der Waals surface area (Å²) in [5.41, 5.74) is 17.5. The molecular weight excluding hydrogens is 693 g/mol. The number of para-hydroxylation sites is 1. The topological polar surface area (TPSA) is 38.9 Å². The number of fused-ring (bicyclic) bond motifs is 6. The fourth-order valence-corrected chi connectivity index (χ4v) is 8.88. The minimum atomic E-state index is -0.294. The molecule has 0 amide bonds. The Morgan fingerprint density at radius 3 is 1.72 bits per heavy atom. The average Bonchev–Trinajstić information content (AvgIpc) is 3.80. The zero-order valence-electron chi connectivity index (χ0n) is 31.4. The zero-order chi connectivity index (χ0) is 37.9. The number of nitrogens with zero attached hydrogens (tertiary/aromatic N) is 2. The average molecular weight is 729 g/mol. The van der Waals surface area contributed by atoms with Gasteiger partial charge in [0.15, 0.2) is 5.82 Å². The van der Waals surface area contributed by atoms with Crippen molar-refractivity contribution in [2.24, 2.45) is 0 Å². The molecule has 0 fully saturated rings. The van der Waals surface area contributed by atoms with E-state index in [0.717, 1.165) is 61.1 Å². The molecule has 1 atom stereocenters. The lowest BCUT2D eigenvalue weighted by atomic mass is 9.74. The molecule has 0 N–H and O–H groups in total. The molecule has 8 aromatic carbocycles. The molecule has 0 saturated heterocycles. The number of aromatic nitrogens is 2. The molecule has 0 spiro atoms. The van der Waals surface area contributed by atoms with Gasteiger partial charge < -0.3 is 4.42 Å². The van der Waals surface area contributed by atoms with Crippen LogP contribution in [-0.4, -0.2) is 9.97 Å². The van der Waals surface area contributed by atoms with Crippen LogP contribution in [0.4, 0.5) is 0 Å². The standard InChI is InChI=1S/C54H36N2O/c1-54(41-15-6-3-7-16-41)46-20-10-8-18-43(46)52-44(19-12-21-47(52)54)49-34-48(55-53(56-49)39-13-4-2-5-14-39)38-29-27-36(28-30-38)35-23-25-37(26-24-35)40-31-32-51-45(33-40)42-17-9-11-22-50(42)57-51/h2-34H,1H3. The molecule has 1 aliphatic carbocycles. The fraction of sp³-hybridized carbons (Fsp3) is 0.0370. The Kier molecular flexibility index (Phi) is 7.61. The summed E-state index contributed by atoms with van der Waals surface area (Å²) in [5, 5.41) is 2.28. The van der Waals surface area contributed by atoms with Gasteiger partial charge in [-0.2, -0.15) is 0 Å². The first-order valence-electron chi connectivity index (χ1n) is 19.5. The van der Waals surface area contributed by atoms with Crippen LogP contribution in [0.25, 0.3) is 89.2 Å². The first-order valence-corrected chi connectivity index (χ1v) is 19.5. The van der Waals surface area contributed by atoms with E-state index in [2.05, 4.69) is 177 Å². The minimum absolute atomic E-state index is 0.294. The van der Waals surface area contributed by atoms with E-state index in [1.165, 1.54) is 38.9 Å². The van der Waals surface area contributed by atoms with Gasteiger partial charge in [0.05, 0.1) is 11.4 Å². The number of furan rings is 1. The summed E-state index contributed by atoms with van der Waals surface area (Å²) >= 11 is 0. The third-order valence-electron chi connectivity index (χ3n) is 11.8. The zero-order valence-corrected chi connectivity index (χ0v) is 31.4. The van der Waals surface area contributed by atoms with Crippen LogP contribution in [0.5, 0.6) is 0 Å². The Bertz CT molecular complexity index is 3110. The lowest BCUT2D eigenvalue weighted by molar-refractivity contribution is 0.669. The first-order chi connectivity index (χ1) is 28.1. The van der Waals surface area contributed by atoms with Crippen molar-refractivity contribution < 1.29 is 4.42 Å². The first kappa shape index (κ1) is 33.0. The van der Waals surface area contributed by atoms with Gasteiger partial charge in [0.2, 0.25) is 0 Å². The monoisotopic (exact) mass is 728 g/mol. The van der Waals surface area contributed by atoms with Crippen molar-refractivity contribution >= 4 is 21.9 Å². The second kappa shape index (κ2) is 13.1. The van der Waals surface area contributed by atoms with E-state index in [4.69, 9.17) is 14.4 Å². The summed E-state index contributed by atoms with van der Waals surface area (Å²) < 4.78 is 6.06. The number of benzene rings is 8. The number of hydrogen-bond donors (Lipinski definition) is 0. The van der Waals surface area contributed by atoms with E-state index in [-0.39, 0.29) is 5.41 Å². The van der Waals surface area contributed by atoms with Gasteiger partial charge >= 0.3 is 0 Å². The maximum absolute atomic E-state index is 6.06. The highest BCUT2D eigenvalue weighted by Gasteiger charge is 2.41. The molecule has 2 heterocycles. The third-order valence-corrected chi connectivity index (χ3v) is 11.8. The van der Waals surface area contributed by atoms with E-state index >= 15 is 0 Å². The van der Waals surface area contributed by atoms with Gasteiger partial charge in [0.1, 0.15) is 11.2 Å². The molecule has 0 radical (unpaired) electrons. The van der Waals surface area contributed by atoms with Gasteiger partial charge in [0, 0.05) is 32.9 Å². The lowest BCUT2D eigenvalue weighted by Crippen LogP contribution is -2.22. The van der Waals surface area contributed by atoms with Crippen LogP contribution in [0, 0.1) is 0 Å². The summed E-state index contributed by atoms with van der Waals surface area (Å²) in [6.07, 6.45) is 0. The van der Waals surface area contributed by atoms with Crippen molar-refractivity contribution in [3.05, 3.63) is 217 Å². The lowest BCUT2D eigenvalue weighted by Gasteiger charge is -2.28. The van der Waals surface area contributed by atoms with E-state index in [9.17, 15) is 0 Å². The van der Waals surface area contributed by atoms with Crippen LogP contribution in [0.2, 0.25) is 0 Å². The highest BCUT2D eigenvalue weighted by Crippen LogP contribution is 2.55. The van der Waals surface area contributed by atoms with Gasteiger partial charge in [-0.05, 0) is 81.3 Å². The predicted molar refractivity (Wildman–Crippen MR) is 234 cm³/mol. The molecular formula is C54H36N2O. The Morgan fingerprint density at radius 1 is 0.386 bits per heavy atom. The summed E-state index contributed by atoms with van der Waals surface area (Å²) in [6, 6.07) is 71.1. The van der Waals surface area contributed by atoms with Crippen LogP contribution in [0.1, 0.15) is 23.6 Å². The van der Waals surface area contributed by atoms with Crippen molar-refractivity contribution in [3.8, 4) is 67.3 Å². The quantitative estimate of drug-likeness (QED) is 0.171. The van der Waals surface area contributed by atoms with Crippen LogP contribution >= 0.6 is 0 Å². The summed E-state index contributed by atoms with van der Waals surface area (Å²) in [5.74, 6) is 0.707. The van der Waals surface area contributed by atoms with Gasteiger partial charge in [-0.3, -0.25) is 0 Å². The molecule has 2 aromatic heterocycles. The maximum atomic E-state index is 6.06. The van der Waals surface area contributed by atoms with Crippen LogP contribution < -0.4 is 0 Å². The summed E-state index contributed by atoms with van der Waals surface area (Å²) in [6.45, 7) is 2.36. The molecule has 57 heavy (non-hydrogen) atoms. The molecule has 0 bridgehead atoms. The van der Waals surface area contributed by atoms with E-state index in [0.29, 0.717) is 5.82 Å². The normalized spacial score (nSPS) is 14.5. The summed E-state index contributed by atoms with van der Waals surface area (Å²) in [4.78, 5) is 10.5. The highest BCUT2D eigenvalue weighted by atomic mass is 16.3. The van der Waals surface area contributed by atoms with Crippen LogP contribution in [0.15, 0.2) is 205 Å². The molecule has 0 saturated carbocycles. The SMILES string of the molecule is CC1(c2ccccc2)c2ccccc2-c2c(-c3cc(-c4ccc(-c5ccc(-c6ccc7oc8ccccc8c7c6)cc5)cc4)nc(-c4ccccc4)n3)cccc21. The van der Waals surface area contributed by atoms with E-state index in [1.54, 1.807) is 0 Å². The van der Waals surface area contributed by atoms with Gasteiger partial charge in [-0.25, -0.2) is 9.97 Å². The smallest absolute Gasteiger partial charge is 0.160 e. The largest absolute Gasteiger partial charge is 0.456 e. The molecule has 0 aliphatic heterocycles. The molecule has 268 valence electrons. The van der Waals surface area contributed by atoms with Gasteiger partial charge in [0.25, 0.3) is 0 Å². The maximum Gasteiger partial charge on any atom is 0.160 e. The molecule has 10 aromatic rings. The molecule has 1 unspecified atom stereocenters. The number of rotatable bonds is 6. The summed E-state index contributed by atoms with van der Waals surface area (Å²) in [7, 11) is 0. The van der Waals surface area contributed by atoms with Crippen LogP contribution in [-0.2, 0) is 5.41 Å². The van der Waals surface area contributed by atoms with Gasteiger partial charge in [-0.15, -0.1) is 0 Å². The highest BCUT2D eigenvalue weighted by molar-refractivity contribution is 6.06. The van der Waals surface area contributed by atoms with Crippen LogP contribution in [0.3, 0.4) is 0 Å². The number of hydrogen-bond acceptors (Lipinski definition) is 3. The van der Waals surface area contributed by atoms with Crippen molar-refractivity contribution in [1.29, 1.82) is 0 Å². The Morgan fingerprint density at radius 2 is 0.947 bits per heavy atom. The second-order valence-electron chi connectivity index (χ2n) is 15.1. The predicted octanol–water partition coefficient (Wildman–Crippen LogP) is 14.0. The fourth-order valence-electron chi connectivity index (χ4n) is 8.88. The van der Waals surface area contributed by atoms with Gasteiger partial charge in [-0.1, -0.05) is 176 Å². The van der Waals surface area contributed by atoms with Crippen molar-refractivity contribution in [2.75, 3.05) is 0 Å².